The molecule has 2 aliphatic heterocycles. The van der Waals surface area contributed by atoms with Crippen LogP contribution >= 0.6 is 50.6 Å². The van der Waals surface area contributed by atoms with Gasteiger partial charge >= 0.3 is 0 Å². The minimum atomic E-state index is -0.585. The van der Waals surface area contributed by atoms with Gasteiger partial charge in [-0.15, -0.1) is 5.10 Å². The van der Waals surface area contributed by atoms with Gasteiger partial charge in [0.25, 0.3) is 0 Å². The Labute approximate surface area is 251 Å². The number of ether oxygens (including phenoxy) is 4. The third-order valence-corrected chi connectivity index (χ3v) is 9.68. The molecule has 2 saturated heterocycles. The smallest absolute Gasteiger partial charge is 0.184 e. The maximum Gasteiger partial charge on any atom is 0.184 e. The second-order valence-corrected chi connectivity index (χ2v) is 12.8. The number of fused-ring (bicyclic) bond motifs is 1. The number of aromatic nitrogens is 5. The fraction of sp³-hybridized carbons (Fsp3) is 0.346. The molecule has 0 saturated carbocycles. The summed E-state index contributed by atoms with van der Waals surface area (Å²) in [6.45, 7) is 2.14. The van der Waals surface area contributed by atoms with Gasteiger partial charge in [0.05, 0.1) is 18.5 Å². The first-order chi connectivity index (χ1) is 19.4. The number of rotatable bonds is 6. The lowest BCUT2D eigenvalue weighted by molar-refractivity contribution is -0.308. The average Bonchev–Trinajstić information content (AvgIpc) is 3.59. The zero-order chi connectivity index (χ0) is 27.8. The first-order valence-electron chi connectivity index (χ1n) is 12.2. The van der Waals surface area contributed by atoms with E-state index < -0.39 is 36.1 Å². The van der Waals surface area contributed by atoms with Crippen LogP contribution in [0.2, 0.25) is 4.34 Å². The van der Waals surface area contributed by atoms with Crippen LogP contribution in [0.1, 0.15) is 29.3 Å². The Kier molecular flexibility index (Phi) is 8.21. The fourth-order valence-electron chi connectivity index (χ4n) is 4.72. The maximum absolute atomic E-state index is 9.66. The number of methoxy groups -OCH3 is 1. The molecule has 6 atom stereocenters. The van der Waals surface area contributed by atoms with Crippen molar-refractivity contribution in [2.45, 2.75) is 47.9 Å². The number of hydrogen-bond acceptors (Lipinski definition) is 11. The zero-order valence-electron chi connectivity index (χ0n) is 21.2. The molecule has 206 valence electrons. The second kappa shape index (κ2) is 11.8. The van der Waals surface area contributed by atoms with Crippen LogP contribution in [-0.2, 0) is 18.9 Å². The number of pyridine rings is 1. The number of thiazole rings is 1. The van der Waals surface area contributed by atoms with E-state index in [-0.39, 0.29) is 0 Å². The van der Waals surface area contributed by atoms with Crippen molar-refractivity contribution >= 4 is 50.6 Å². The van der Waals surface area contributed by atoms with Gasteiger partial charge in [0.15, 0.2) is 12.0 Å². The lowest BCUT2D eigenvalue weighted by atomic mass is 9.96. The number of thioether (sulfide) groups is 1. The normalized spacial score (nSPS) is 26.3. The molecule has 5 heterocycles. The molecule has 0 bridgehead atoms. The number of benzene rings is 1. The van der Waals surface area contributed by atoms with Crippen LogP contribution in [0.5, 0.6) is 0 Å². The molecule has 4 aromatic rings. The molecule has 0 radical (unpaired) electrons. The summed E-state index contributed by atoms with van der Waals surface area (Å²) in [4.78, 5) is 9.43. The minimum Gasteiger partial charge on any atom is -0.375 e. The summed E-state index contributed by atoms with van der Waals surface area (Å²) in [6.07, 6.45) is 1.37. The molecule has 10 nitrogen and oxygen atoms in total. The van der Waals surface area contributed by atoms with E-state index in [0.29, 0.717) is 32.2 Å². The highest BCUT2D eigenvalue weighted by atomic mass is 79.9. The number of halogens is 2. The van der Waals surface area contributed by atoms with Gasteiger partial charge in [-0.3, -0.25) is 0 Å². The van der Waals surface area contributed by atoms with Gasteiger partial charge in [-0.25, -0.2) is 14.6 Å². The second-order valence-electron chi connectivity index (χ2n) is 9.10. The van der Waals surface area contributed by atoms with E-state index in [0.717, 1.165) is 15.7 Å². The van der Waals surface area contributed by atoms with Gasteiger partial charge in [0.1, 0.15) is 50.9 Å². The van der Waals surface area contributed by atoms with Crippen molar-refractivity contribution in [2.75, 3.05) is 13.7 Å². The standard InChI is InChI=1S/C26H22BrClN6O4S2/c1-13-23(28)40-24(31-13)17-11-34(33-32-17)20-21-18(12-36-25(38-21)14-6-4-3-5-7-14)37-26(22(20)35-2)39-19-8-15(27)10-30-16(19)9-29/h3-8,10-11,18,20-22,25-26H,12H2,1-2H3/t18?,20?,21-,22?,25?,26+/m0/s1. The van der Waals surface area contributed by atoms with Gasteiger partial charge in [-0.1, -0.05) is 70.2 Å². The highest BCUT2D eigenvalue weighted by Gasteiger charge is 2.52. The van der Waals surface area contributed by atoms with E-state index in [1.807, 2.05) is 49.5 Å². The molecule has 6 rings (SSSR count). The largest absolute Gasteiger partial charge is 0.375 e. The third kappa shape index (κ3) is 5.43. The molecule has 0 N–H and O–H groups in total. The summed E-state index contributed by atoms with van der Waals surface area (Å²) in [5.41, 5.74) is 1.99. The van der Waals surface area contributed by atoms with Gasteiger partial charge in [-0.2, -0.15) is 5.26 Å². The average molecular weight is 662 g/mol. The van der Waals surface area contributed by atoms with Crippen LogP contribution < -0.4 is 0 Å². The predicted molar refractivity (Wildman–Crippen MR) is 152 cm³/mol. The Morgan fingerprint density at radius 1 is 1.27 bits per heavy atom. The Morgan fingerprint density at radius 2 is 2.10 bits per heavy atom. The van der Waals surface area contributed by atoms with E-state index in [2.05, 4.69) is 42.3 Å². The maximum atomic E-state index is 9.66. The van der Waals surface area contributed by atoms with Crippen molar-refractivity contribution in [1.82, 2.24) is 25.0 Å². The molecular weight excluding hydrogens is 640 g/mol. The van der Waals surface area contributed by atoms with Gasteiger partial charge in [0, 0.05) is 28.2 Å². The van der Waals surface area contributed by atoms with E-state index >= 15 is 0 Å². The molecule has 0 spiro atoms. The Hall–Kier alpha value is -2.41. The molecular formula is C26H22BrClN6O4S2. The van der Waals surface area contributed by atoms with Crippen molar-refractivity contribution in [1.29, 1.82) is 5.26 Å². The van der Waals surface area contributed by atoms with E-state index in [1.165, 1.54) is 23.1 Å². The first-order valence-corrected chi connectivity index (χ1v) is 15.1. The molecule has 2 aliphatic rings. The van der Waals surface area contributed by atoms with Crippen LogP contribution in [0.3, 0.4) is 0 Å². The van der Waals surface area contributed by atoms with E-state index in [4.69, 9.17) is 30.5 Å². The summed E-state index contributed by atoms with van der Waals surface area (Å²) >= 11 is 12.4. The molecule has 2 fully saturated rings. The molecule has 4 unspecified atom stereocenters. The first kappa shape index (κ1) is 27.7. The van der Waals surface area contributed by atoms with Crippen molar-refractivity contribution in [3.8, 4) is 16.8 Å². The topological polar surface area (TPSA) is 117 Å². The SMILES string of the molecule is COC1C(n2cc(-c3nc(C)c(Cl)s3)nn2)[C@H]2OC(c3ccccc3)OCC2O[C@@H]1Sc1cc(Br)cnc1C#N. The highest BCUT2D eigenvalue weighted by molar-refractivity contribution is 9.10. The lowest BCUT2D eigenvalue weighted by Gasteiger charge is -2.48. The van der Waals surface area contributed by atoms with Crippen LogP contribution in [0.4, 0.5) is 0 Å². The Morgan fingerprint density at radius 3 is 2.83 bits per heavy atom. The molecule has 14 heteroatoms. The van der Waals surface area contributed by atoms with E-state index in [9.17, 15) is 5.26 Å². The van der Waals surface area contributed by atoms with Crippen molar-refractivity contribution in [3.05, 3.63) is 74.6 Å². The van der Waals surface area contributed by atoms with Gasteiger partial charge < -0.3 is 18.9 Å². The number of nitrogens with zero attached hydrogens (tertiary/aromatic N) is 6. The highest BCUT2D eigenvalue weighted by Crippen LogP contribution is 2.45. The van der Waals surface area contributed by atoms with Crippen molar-refractivity contribution in [3.63, 3.8) is 0 Å². The number of aryl methyl sites for hydroxylation is 1. The molecule has 3 aromatic heterocycles. The van der Waals surface area contributed by atoms with Gasteiger partial charge in [0.2, 0.25) is 0 Å². The van der Waals surface area contributed by atoms with Gasteiger partial charge in [-0.05, 0) is 28.9 Å². The summed E-state index contributed by atoms with van der Waals surface area (Å²) in [7, 11) is 1.62. The van der Waals surface area contributed by atoms with Crippen LogP contribution in [0.25, 0.3) is 10.7 Å². The van der Waals surface area contributed by atoms with Crippen molar-refractivity contribution in [2.24, 2.45) is 0 Å². The molecule has 40 heavy (non-hydrogen) atoms. The summed E-state index contributed by atoms with van der Waals surface area (Å²) in [6, 6.07) is 13.3. The summed E-state index contributed by atoms with van der Waals surface area (Å²) in [5.74, 6) is 0. The van der Waals surface area contributed by atoms with Crippen LogP contribution in [0.15, 0.2) is 58.2 Å². The monoisotopic (exact) mass is 660 g/mol. The van der Waals surface area contributed by atoms with E-state index in [1.54, 1.807) is 18.0 Å². The number of hydrogen-bond donors (Lipinski definition) is 0. The molecule has 1 aromatic carbocycles. The molecule has 0 aliphatic carbocycles. The zero-order valence-corrected chi connectivity index (χ0v) is 25.2. The van der Waals surface area contributed by atoms with Crippen LogP contribution in [0, 0.1) is 18.3 Å². The van der Waals surface area contributed by atoms with Crippen LogP contribution in [-0.4, -0.2) is 62.4 Å². The lowest BCUT2D eigenvalue weighted by Crippen LogP contribution is -2.59. The predicted octanol–water partition coefficient (Wildman–Crippen LogP) is 5.58. The quantitative estimate of drug-likeness (QED) is 0.259. The fourth-order valence-corrected chi connectivity index (χ4v) is 7.47. The Bertz CT molecular complexity index is 1530. The summed E-state index contributed by atoms with van der Waals surface area (Å²) < 4.78 is 28.4. The third-order valence-electron chi connectivity index (χ3n) is 6.60. The molecule has 0 amide bonds. The van der Waals surface area contributed by atoms with Crippen molar-refractivity contribution < 1.29 is 18.9 Å². The summed E-state index contributed by atoms with van der Waals surface area (Å²) in [5, 5.41) is 19.2. The Balaban J connectivity index is 1.37. The number of nitriles is 1. The minimum absolute atomic E-state index is 0.291.